The molecule has 140 valence electrons. The summed E-state index contributed by atoms with van der Waals surface area (Å²) in [4.78, 5) is 16.8. The standard InChI is InChI=1S/C19H26N4O3/c1-14-11-17(25-3)5-6-18(14)20-19(24)23-8-4-7-22(9-10-23)13-16-12-15(2)26-21-16/h5-6,11-12H,4,7-10,13H2,1-3H3,(H,20,24). The third-order valence-corrected chi connectivity index (χ3v) is 4.61. The summed E-state index contributed by atoms with van der Waals surface area (Å²) in [5.74, 6) is 1.61. The zero-order valence-electron chi connectivity index (χ0n) is 15.6. The number of ether oxygens (including phenoxy) is 1. The zero-order valence-corrected chi connectivity index (χ0v) is 15.6. The predicted octanol–water partition coefficient (Wildman–Crippen LogP) is 3.04. The Labute approximate surface area is 153 Å². The van der Waals surface area contributed by atoms with E-state index >= 15 is 0 Å². The number of amides is 2. The number of methoxy groups -OCH3 is 1. The lowest BCUT2D eigenvalue weighted by Crippen LogP contribution is -2.38. The van der Waals surface area contributed by atoms with Crippen LogP contribution in [0.3, 0.4) is 0 Å². The van der Waals surface area contributed by atoms with Crippen molar-refractivity contribution < 1.29 is 14.1 Å². The number of aromatic nitrogens is 1. The molecule has 0 unspecified atom stereocenters. The van der Waals surface area contributed by atoms with Crippen molar-refractivity contribution in [3.63, 3.8) is 0 Å². The SMILES string of the molecule is COc1ccc(NC(=O)N2CCCN(Cc3cc(C)on3)CC2)c(C)c1. The highest BCUT2D eigenvalue weighted by molar-refractivity contribution is 5.90. The molecule has 1 aliphatic heterocycles. The van der Waals surface area contributed by atoms with Crippen LogP contribution < -0.4 is 10.1 Å². The topological polar surface area (TPSA) is 70.8 Å². The van der Waals surface area contributed by atoms with Crippen molar-refractivity contribution in [3.8, 4) is 5.75 Å². The van der Waals surface area contributed by atoms with Gasteiger partial charge in [0.25, 0.3) is 0 Å². The summed E-state index contributed by atoms with van der Waals surface area (Å²) >= 11 is 0. The number of carbonyl (C=O) groups is 1. The molecule has 2 heterocycles. The van der Waals surface area contributed by atoms with E-state index in [9.17, 15) is 4.79 Å². The highest BCUT2D eigenvalue weighted by Crippen LogP contribution is 2.21. The van der Waals surface area contributed by atoms with Gasteiger partial charge in [-0.05, 0) is 44.0 Å². The van der Waals surface area contributed by atoms with E-state index in [2.05, 4.69) is 15.4 Å². The van der Waals surface area contributed by atoms with E-state index in [1.165, 1.54) is 0 Å². The molecule has 0 atom stereocenters. The normalized spacial score (nSPS) is 15.6. The Bertz CT molecular complexity index is 759. The van der Waals surface area contributed by atoms with Crippen molar-refractivity contribution in [1.29, 1.82) is 0 Å². The molecular weight excluding hydrogens is 332 g/mol. The first-order valence-electron chi connectivity index (χ1n) is 8.90. The van der Waals surface area contributed by atoms with E-state index in [1.807, 2.05) is 43.0 Å². The molecule has 1 aromatic carbocycles. The number of urea groups is 1. The summed E-state index contributed by atoms with van der Waals surface area (Å²) < 4.78 is 10.3. The van der Waals surface area contributed by atoms with Crippen molar-refractivity contribution in [2.75, 3.05) is 38.6 Å². The van der Waals surface area contributed by atoms with E-state index in [-0.39, 0.29) is 6.03 Å². The molecule has 0 spiro atoms. The first-order valence-corrected chi connectivity index (χ1v) is 8.90. The van der Waals surface area contributed by atoms with Gasteiger partial charge in [0, 0.05) is 44.5 Å². The number of benzene rings is 1. The second-order valence-corrected chi connectivity index (χ2v) is 6.66. The number of hydrogen-bond donors (Lipinski definition) is 1. The van der Waals surface area contributed by atoms with Crippen LogP contribution in [-0.2, 0) is 6.54 Å². The number of carbonyl (C=O) groups excluding carboxylic acids is 1. The minimum Gasteiger partial charge on any atom is -0.497 e. The number of anilines is 1. The van der Waals surface area contributed by atoms with Gasteiger partial charge >= 0.3 is 6.03 Å². The molecule has 7 nitrogen and oxygen atoms in total. The summed E-state index contributed by atoms with van der Waals surface area (Å²) in [7, 11) is 1.64. The third-order valence-electron chi connectivity index (χ3n) is 4.61. The van der Waals surface area contributed by atoms with Crippen LogP contribution in [0.5, 0.6) is 5.75 Å². The van der Waals surface area contributed by atoms with Crippen LogP contribution in [0.4, 0.5) is 10.5 Å². The van der Waals surface area contributed by atoms with Gasteiger partial charge in [0.05, 0.1) is 12.8 Å². The van der Waals surface area contributed by atoms with E-state index in [0.717, 1.165) is 61.1 Å². The Balaban J connectivity index is 1.55. The smallest absolute Gasteiger partial charge is 0.321 e. The Hall–Kier alpha value is -2.54. The second kappa shape index (κ2) is 8.23. The minimum atomic E-state index is -0.0580. The molecule has 1 N–H and O–H groups in total. The molecule has 0 saturated carbocycles. The van der Waals surface area contributed by atoms with Crippen molar-refractivity contribution >= 4 is 11.7 Å². The van der Waals surface area contributed by atoms with Crippen LogP contribution in [-0.4, -0.2) is 54.3 Å². The fourth-order valence-corrected chi connectivity index (χ4v) is 3.15. The largest absolute Gasteiger partial charge is 0.497 e. The average molecular weight is 358 g/mol. The van der Waals surface area contributed by atoms with Gasteiger partial charge in [0.2, 0.25) is 0 Å². The van der Waals surface area contributed by atoms with Crippen LogP contribution in [0.25, 0.3) is 0 Å². The van der Waals surface area contributed by atoms with Crippen molar-refractivity contribution in [1.82, 2.24) is 15.0 Å². The Morgan fingerprint density at radius 2 is 2.08 bits per heavy atom. The van der Waals surface area contributed by atoms with Crippen LogP contribution in [0.15, 0.2) is 28.8 Å². The lowest BCUT2D eigenvalue weighted by atomic mass is 10.2. The molecule has 0 radical (unpaired) electrons. The fourth-order valence-electron chi connectivity index (χ4n) is 3.15. The van der Waals surface area contributed by atoms with Gasteiger partial charge in [-0.3, -0.25) is 4.90 Å². The molecule has 26 heavy (non-hydrogen) atoms. The number of aryl methyl sites for hydroxylation is 2. The Morgan fingerprint density at radius 3 is 2.77 bits per heavy atom. The lowest BCUT2D eigenvalue weighted by Gasteiger charge is -2.22. The monoisotopic (exact) mass is 358 g/mol. The first kappa shape index (κ1) is 18.3. The van der Waals surface area contributed by atoms with Gasteiger partial charge < -0.3 is 19.5 Å². The minimum absolute atomic E-state index is 0.0580. The third kappa shape index (κ3) is 4.54. The fraction of sp³-hybridized carbons (Fsp3) is 0.474. The van der Waals surface area contributed by atoms with E-state index in [0.29, 0.717) is 6.54 Å². The second-order valence-electron chi connectivity index (χ2n) is 6.66. The van der Waals surface area contributed by atoms with Crippen LogP contribution in [0, 0.1) is 13.8 Å². The highest BCUT2D eigenvalue weighted by Gasteiger charge is 2.20. The molecule has 2 aromatic rings. The Morgan fingerprint density at radius 1 is 1.23 bits per heavy atom. The van der Waals surface area contributed by atoms with Gasteiger partial charge in [-0.2, -0.15) is 0 Å². The van der Waals surface area contributed by atoms with Crippen LogP contribution >= 0.6 is 0 Å². The maximum Gasteiger partial charge on any atom is 0.321 e. The molecule has 2 amide bonds. The summed E-state index contributed by atoms with van der Waals surface area (Å²) in [6.45, 7) is 7.81. The molecular formula is C19H26N4O3. The summed E-state index contributed by atoms with van der Waals surface area (Å²) in [6.07, 6.45) is 0.936. The zero-order chi connectivity index (χ0) is 18.5. The van der Waals surface area contributed by atoms with E-state index < -0.39 is 0 Å². The summed E-state index contributed by atoms with van der Waals surface area (Å²) in [5, 5.41) is 7.07. The highest BCUT2D eigenvalue weighted by atomic mass is 16.5. The number of nitrogens with zero attached hydrogens (tertiary/aromatic N) is 3. The van der Waals surface area contributed by atoms with E-state index in [1.54, 1.807) is 7.11 Å². The van der Waals surface area contributed by atoms with Gasteiger partial charge in [-0.15, -0.1) is 0 Å². The lowest BCUT2D eigenvalue weighted by molar-refractivity contribution is 0.210. The number of rotatable bonds is 4. The number of hydrogen-bond acceptors (Lipinski definition) is 5. The number of nitrogens with one attached hydrogen (secondary N) is 1. The van der Waals surface area contributed by atoms with Gasteiger partial charge in [-0.25, -0.2) is 4.79 Å². The molecule has 1 saturated heterocycles. The van der Waals surface area contributed by atoms with Crippen molar-refractivity contribution in [2.24, 2.45) is 0 Å². The predicted molar refractivity (Wildman–Crippen MR) is 99.5 cm³/mol. The first-order chi connectivity index (χ1) is 12.5. The maximum absolute atomic E-state index is 12.6. The van der Waals surface area contributed by atoms with E-state index in [4.69, 9.17) is 9.26 Å². The molecule has 3 rings (SSSR count). The molecule has 7 heteroatoms. The quantitative estimate of drug-likeness (QED) is 0.910. The van der Waals surface area contributed by atoms with Crippen LogP contribution in [0.2, 0.25) is 0 Å². The molecule has 1 fully saturated rings. The summed E-state index contributed by atoms with van der Waals surface area (Å²) in [5.41, 5.74) is 2.74. The van der Waals surface area contributed by atoms with Gasteiger partial charge in [0.1, 0.15) is 11.5 Å². The van der Waals surface area contributed by atoms with Gasteiger partial charge in [-0.1, -0.05) is 5.16 Å². The average Bonchev–Trinajstić information content (AvgIpc) is 2.89. The van der Waals surface area contributed by atoms with Crippen molar-refractivity contribution in [2.45, 2.75) is 26.8 Å². The Kier molecular flexibility index (Phi) is 5.78. The maximum atomic E-state index is 12.6. The molecule has 1 aliphatic rings. The van der Waals surface area contributed by atoms with Gasteiger partial charge in [0.15, 0.2) is 0 Å². The summed E-state index contributed by atoms with van der Waals surface area (Å²) in [6, 6.07) is 7.55. The molecule has 0 bridgehead atoms. The van der Waals surface area contributed by atoms with Crippen molar-refractivity contribution in [3.05, 3.63) is 41.3 Å². The molecule has 0 aliphatic carbocycles. The molecule has 1 aromatic heterocycles. The van der Waals surface area contributed by atoms with Crippen LogP contribution in [0.1, 0.15) is 23.4 Å².